The lowest BCUT2D eigenvalue weighted by atomic mass is 10.00. The van der Waals surface area contributed by atoms with Crippen molar-refractivity contribution >= 4 is 0 Å². The number of ether oxygens (including phenoxy) is 1. The Balaban J connectivity index is -0.000000320. The summed E-state index contributed by atoms with van der Waals surface area (Å²) < 4.78 is 4.61. The van der Waals surface area contributed by atoms with Crippen molar-refractivity contribution in [1.82, 2.24) is 0 Å². The minimum Gasteiger partial charge on any atom is -0.385 e. The average molecular weight is 166 g/mol. The van der Waals surface area contributed by atoms with Crippen molar-refractivity contribution in [2.75, 3.05) is 7.11 Å². The van der Waals surface area contributed by atoms with E-state index in [9.17, 15) is 10.2 Å². The first-order valence-corrected chi connectivity index (χ1v) is 2.81. The Labute approximate surface area is 70.0 Å². The van der Waals surface area contributed by atoms with Crippen molar-refractivity contribution in [2.24, 2.45) is 0 Å². The van der Waals surface area contributed by atoms with E-state index in [2.05, 4.69) is 4.74 Å². The van der Waals surface area contributed by atoms with Crippen LogP contribution in [0.4, 0.5) is 0 Å². The molecule has 0 spiro atoms. The summed E-state index contributed by atoms with van der Waals surface area (Å²) in [7, 11) is 1.35. The van der Waals surface area contributed by atoms with Crippen molar-refractivity contribution in [3.63, 3.8) is 0 Å². The SMILES string of the molecule is C.C.COC(C)(O)C(C)(C)O. The lowest BCUT2D eigenvalue weighted by Gasteiger charge is -2.33. The highest BCUT2D eigenvalue weighted by Gasteiger charge is 2.37. The van der Waals surface area contributed by atoms with Gasteiger partial charge in [-0.1, -0.05) is 14.9 Å². The molecule has 0 fully saturated rings. The summed E-state index contributed by atoms with van der Waals surface area (Å²) in [5, 5.41) is 18.4. The van der Waals surface area contributed by atoms with Crippen molar-refractivity contribution in [3.05, 3.63) is 0 Å². The molecule has 0 aliphatic rings. The zero-order valence-electron chi connectivity index (χ0n) is 6.30. The van der Waals surface area contributed by atoms with Crippen molar-refractivity contribution < 1.29 is 14.9 Å². The molecule has 72 valence electrons. The number of hydrogen-bond acceptors (Lipinski definition) is 3. The number of rotatable bonds is 2. The van der Waals surface area contributed by atoms with Crippen LogP contribution in [0.15, 0.2) is 0 Å². The lowest BCUT2D eigenvalue weighted by Crippen LogP contribution is -2.48. The molecule has 0 aromatic rings. The molecule has 0 bridgehead atoms. The molecule has 0 radical (unpaired) electrons. The lowest BCUT2D eigenvalue weighted by molar-refractivity contribution is -0.265. The van der Waals surface area contributed by atoms with Gasteiger partial charge in [-0.05, 0) is 20.8 Å². The Bertz CT molecular complexity index is 92.0. The van der Waals surface area contributed by atoms with Crippen LogP contribution in [0.1, 0.15) is 35.6 Å². The van der Waals surface area contributed by atoms with Gasteiger partial charge in [-0.3, -0.25) is 0 Å². The first-order chi connectivity index (χ1) is 3.81. The molecule has 1 unspecified atom stereocenters. The normalized spacial score (nSPS) is 15.8. The molecular weight excluding hydrogens is 144 g/mol. The molecule has 0 aliphatic carbocycles. The van der Waals surface area contributed by atoms with Gasteiger partial charge in [0, 0.05) is 7.11 Å². The van der Waals surface area contributed by atoms with Gasteiger partial charge in [-0.15, -0.1) is 0 Å². The summed E-state index contributed by atoms with van der Waals surface area (Å²) in [4.78, 5) is 0. The molecule has 1 atom stereocenters. The zero-order valence-corrected chi connectivity index (χ0v) is 6.30. The molecule has 0 aromatic heterocycles. The fourth-order valence-corrected chi connectivity index (χ4v) is 0.250. The van der Waals surface area contributed by atoms with E-state index in [1.165, 1.54) is 27.9 Å². The van der Waals surface area contributed by atoms with Crippen LogP contribution in [0, 0.1) is 0 Å². The molecule has 0 heterocycles. The summed E-state index contributed by atoms with van der Waals surface area (Å²) in [6.45, 7) is 4.38. The highest BCUT2D eigenvalue weighted by molar-refractivity contribution is 4.80. The molecule has 11 heavy (non-hydrogen) atoms. The van der Waals surface area contributed by atoms with E-state index >= 15 is 0 Å². The molecule has 0 rings (SSSR count). The van der Waals surface area contributed by atoms with Gasteiger partial charge in [0.1, 0.15) is 5.60 Å². The van der Waals surface area contributed by atoms with Crippen LogP contribution in [0.2, 0.25) is 0 Å². The van der Waals surface area contributed by atoms with Crippen LogP contribution >= 0.6 is 0 Å². The summed E-state index contributed by atoms with van der Waals surface area (Å²) in [5.41, 5.74) is -1.22. The molecule has 0 aliphatic heterocycles. The number of hydrogen-bond donors (Lipinski definition) is 2. The smallest absolute Gasteiger partial charge is 0.191 e. The van der Waals surface area contributed by atoms with Gasteiger partial charge in [0.05, 0.1) is 0 Å². The third kappa shape index (κ3) is 4.35. The Kier molecular flexibility index (Phi) is 7.30. The van der Waals surface area contributed by atoms with E-state index in [4.69, 9.17) is 0 Å². The highest BCUT2D eigenvalue weighted by atomic mass is 16.6. The fourth-order valence-electron chi connectivity index (χ4n) is 0.250. The Morgan fingerprint density at radius 3 is 1.27 bits per heavy atom. The van der Waals surface area contributed by atoms with E-state index in [1.54, 1.807) is 0 Å². The first-order valence-electron chi connectivity index (χ1n) is 2.81. The highest BCUT2D eigenvalue weighted by Crippen LogP contribution is 2.20. The third-order valence-corrected chi connectivity index (χ3v) is 1.53. The van der Waals surface area contributed by atoms with E-state index in [1.807, 2.05) is 0 Å². The molecule has 3 heteroatoms. The molecule has 0 aromatic carbocycles. The minimum absolute atomic E-state index is 0. The minimum atomic E-state index is -1.47. The average Bonchev–Trinajstić information content (AvgIpc) is 1.64. The topological polar surface area (TPSA) is 49.7 Å². The van der Waals surface area contributed by atoms with Crippen LogP contribution in [-0.2, 0) is 4.74 Å². The summed E-state index contributed by atoms with van der Waals surface area (Å²) in [5.74, 6) is -1.47. The van der Waals surface area contributed by atoms with E-state index in [-0.39, 0.29) is 14.9 Å². The van der Waals surface area contributed by atoms with Crippen LogP contribution in [0.5, 0.6) is 0 Å². The Hall–Kier alpha value is -0.120. The summed E-state index contributed by atoms with van der Waals surface area (Å²) in [6.07, 6.45) is 0. The van der Waals surface area contributed by atoms with Gasteiger partial charge in [0.2, 0.25) is 0 Å². The standard InChI is InChI=1S/C6H14O3.2CH4/c1-5(2,7)6(3,8)9-4;;/h7-8H,1-4H3;2*1H4. The maximum atomic E-state index is 9.19. The second-order valence-electron chi connectivity index (χ2n) is 2.75. The first kappa shape index (κ1) is 17.1. The van der Waals surface area contributed by atoms with Gasteiger partial charge >= 0.3 is 0 Å². The Morgan fingerprint density at radius 1 is 1.00 bits per heavy atom. The number of methoxy groups -OCH3 is 1. The largest absolute Gasteiger partial charge is 0.385 e. The maximum Gasteiger partial charge on any atom is 0.191 e. The van der Waals surface area contributed by atoms with Crippen LogP contribution in [0.3, 0.4) is 0 Å². The molecule has 0 saturated heterocycles. The van der Waals surface area contributed by atoms with Crippen LogP contribution in [-0.4, -0.2) is 28.7 Å². The monoisotopic (exact) mass is 166 g/mol. The molecule has 3 nitrogen and oxygen atoms in total. The second kappa shape index (κ2) is 4.70. The Morgan fingerprint density at radius 2 is 1.27 bits per heavy atom. The van der Waals surface area contributed by atoms with Gasteiger partial charge in [0.25, 0.3) is 0 Å². The van der Waals surface area contributed by atoms with Crippen LogP contribution < -0.4 is 0 Å². The molecule has 0 amide bonds. The van der Waals surface area contributed by atoms with Gasteiger partial charge in [-0.25, -0.2) is 0 Å². The van der Waals surface area contributed by atoms with E-state index in [0.717, 1.165) is 0 Å². The van der Waals surface area contributed by atoms with Crippen molar-refractivity contribution in [2.45, 2.75) is 47.0 Å². The molecule has 0 saturated carbocycles. The summed E-state index contributed by atoms with van der Waals surface area (Å²) >= 11 is 0. The third-order valence-electron chi connectivity index (χ3n) is 1.53. The van der Waals surface area contributed by atoms with Crippen LogP contribution in [0.25, 0.3) is 0 Å². The quantitative estimate of drug-likeness (QED) is 0.609. The van der Waals surface area contributed by atoms with Gasteiger partial charge in [-0.2, -0.15) is 0 Å². The van der Waals surface area contributed by atoms with Crippen molar-refractivity contribution in [1.29, 1.82) is 0 Å². The predicted octanol–water partition coefficient (Wildman–Crippen LogP) is 1.38. The van der Waals surface area contributed by atoms with Gasteiger partial charge in [0.15, 0.2) is 5.79 Å². The summed E-state index contributed by atoms with van der Waals surface area (Å²) in [6, 6.07) is 0. The van der Waals surface area contributed by atoms with E-state index < -0.39 is 11.4 Å². The molecular formula is C8H22O3. The number of aliphatic hydroxyl groups is 2. The fraction of sp³-hybridized carbons (Fsp3) is 1.00. The maximum absolute atomic E-state index is 9.19. The predicted molar refractivity (Wildman–Crippen MR) is 47.4 cm³/mol. The van der Waals surface area contributed by atoms with Gasteiger partial charge < -0.3 is 14.9 Å². The van der Waals surface area contributed by atoms with Crippen molar-refractivity contribution in [3.8, 4) is 0 Å². The second-order valence-corrected chi connectivity index (χ2v) is 2.75. The zero-order chi connectivity index (χ0) is 7.71. The van der Waals surface area contributed by atoms with E-state index in [0.29, 0.717) is 0 Å². The molecule has 2 N–H and O–H groups in total.